The molecule has 1 aromatic carbocycles. The molecule has 2 aromatic rings. The van der Waals surface area contributed by atoms with Gasteiger partial charge in [-0.05, 0) is 70.2 Å². The Bertz CT molecular complexity index is 1120. The summed E-state index contributed by atoms with van der Waals surface area (Å²) in [6, 6.07) is 9.48. The highest BCUT2D eigenvalue weighted by molar-refractivity contribution is 5.97. The Morgan fingerprint density at radius 2 is 1.72 bits per heavy atom. The van der Waals surface area contributed by atoms with Gasteiger partial charge < -0.3 is 15.0 Å². The summed E-state index contributed by atoms with van der Waals surface area (Å²) in [7, 11) is 1.66. The topological polar surface area (TPSA) is 79.7 Å². The van der Waals surface area contributed by atoms with E-state index in [0.29, 0.717) is 19.1 Å². The summed E-state index contributed by atoms with van der Waals surface area (Å²) in [6.45, 7) is 7.82. The number of carbonyl (C=O) groups is 2. The number of aryl methyl sites for hydroxylation is 1. The van der Waals surface area contributed by atoms with Crippen molar-refractivity contribution in [2.75, 3.05) is 33.4 Å². The third-order valence-electron chi connectivity index (χ3n) is 9.23. The number of aromatic nitrogens is 2. The lowest BCUT2D eigenvalue weighted by molar-refractivity contribution is -0.153. The minimum Gasteiger partial charge on any atom is -0.383 e. The van der Waals surface area contributed by atoms with Crippen molar-refractivity contribution in [3.63, 3.8) is 0 Å². The summed E-state index contributed by atoms with van der Waals surface area (Å²) < 4.78 is 7.38. The van der Waals surface area contributed by atoms with Gasteiger partial charge in [-0.25, -0.2) is 4.68 Å². The lowest BCUT2D eigenvalue weighted by Gasteiger charge is -2.45. The van der Waals surface area contributed by atoms with E-state index in [1.807, 2.05) is 27.8 Å². The monoisotopic (exact) mass is 535 g/mol. The molecule has 5 rings (SSSR count). The summed E-state index contributed by atoms with van der Waals surface area (Å²) in [5.41, 5.74) is 4.59. The Hall–Kier alpha value is -2.71. The number of nitrogens with zero attached hydrogens (tertiary/aromatic N) is 4. The zero-order chi connectivity index (χ0) is 27.4. The molecule has 1 aromatic heterocycles. The lowest BCUT2D eigenvalue weighted by Crippen LogP contribution is -2.66. The molecule has 0 unspecified atom stereocenters. The zero-order valence-electron chi connectivity index (χ0n) is 23.9. The van der Waals surface area contributed by atoms with Gasteiger partial charge in [-0.2, -0.15) is 5.10 Å². The summed E-state index contributed by atoms with van der Waals surface area (Å²) >= 11 is 0. The van der Waals surface area contributed by atoms with Gasteiger partial charge in [0, 0.05) is 31.5 Å². The smallest absolute Gasteiger partial charge is 0.245 e. The van der Waals surface area contributed by atoms with E-state index in [0.717, 1.165) is 50.3 Å². The van der Waals surface area contributed by atoms with E-state index in [1.54, 1.807) is 7.11 Å². The number of para-hydroxylation sites is 1. The van der Waals surface area contributed by atoms with Gasteiger partial charge in [-0.3, -0.25) is 14.5 Å². The van der Waals surface area contributed by atoms with Gasteiger partial charge in [0.2, 0.25) is 11.8 Å². The average molecular weight is 536 g/mol. The normalized spacial score (nSPS) is 23.8. The first-order chi connectivity index (χ1) is 19.0. The summed E-state index contributed by atoms with van der Waals surface area (Å²) in [6.07, 6.45) is 8.66. The molecule has 39 heavy (non-hydrogen) atoms. The first-order valence-corrected chi connectivity index (χ1v) is 14.9. The van der Waals surface area contributed by atoms with Gasteiger partial charge in [0.05, 0.1) is 18.0 Å². The second-order valence-electron chi connectivity index (χ2n) is 11.8. The van der Waals surface area contributed by atoms with E-state index in [2.05, 4.69) is 36.2 Å². The van der Waals surface area contributed by atoms with E-state index < -0.39 is 6.04 Å². The number of carbonyl (C=O) groups excluding carboxylic acids is 2. The van der Waals surface area contributed by atoms with Crippen LogP contribution in [0.15, 0.2) is 30.3 Å². The highest BCUT2D eigenvalue weighted by atomic mass is 16.5. The number of piperazine rings is 1. The first kappa shape index (κ1) is 27.8. The predicted molar refractivity (Wildman–Crippen MR) is 152 cm³/mol. The number of hydrogen-bond acceptors (Lipinski definition) is 5. The maximum Gasteiger partial charge on any atom is 0.245 e. The number of ether oxygens (including phenoxy) is 1. The first-order valence-electron chi connectivity index (χ1n) is 14.9. The van der Waals surface area contributed by atoms with Crippen LogP contribution in [0.1, 0.15) is 68.3 Å². The molecule has 8 nitrogen and oxygen atoms in total. The second kappa shape index (κ2) is 12.6. The molecule has 2 saturated heterocycles. The van der Waals surface area contributed by atoms with Crippen LogP contribution in [0.4, 0.5) is 0 Å². The van der Waals surface area contributed by atoms with Crippen LogP contribution in [0.5, 0.6) is 0 Å². The number of piperidine rings is 1. The van der Waals surface area contributed by atoms with Crippen molar-refractivity contribution in [2.45, 2.75) is 83.8 Å². The quantitative estimate of drug-likeness (QED) is 0.525. The minimum atomic E-state index is -0.401. The largest absolute Gasteiger partial charge is 0.383 e. The van der Waals surface area contributed by atoms with Gasteiger partial charge in [-0.15, -0.1) is 0 Å². The lowest BCUT2D eigenvalue weighted by atomic mass is 9.82. The molecule has 212 valence electrons. The molecule has 3 heterocycles. The van der Waals surface area contributed by atoms with E-state index in [9.17, 15) is 9.59 Å². The third kappa shape index (κ3) is 6.22. The third-order valence-corrected chi connectivity index (χ3v) is 9.23. The average Bonchev–Trinajstić information content (AvgIpc) is 3.24. The minimum absolute atomic E-state index is 0.0285. The SMILES string of the molecule is COCCN1C(=O)[C@H](CC2CCCCC2)NC(=O)[C@@H]1C1CCN(Cc2c(C)nn(-c3ccccc3)c2C)CC1. The number of amides is 2. The molecule has 0 bridgehead atoms. The molecule has 1 aliphatic carbocycles. The molecule has 3 fully saturated rings. The number of hydrogen-bond donors (Lipinski definition) is 1. The van der Waals surface area contributed by atoms with Gasteiger partial charge in [-0.1, -0.05) is 50.3 Å². The molecule has 3 aliphatic rings. The molecule has 8 heteroatoms. The molecule has 1 N–H and O–H groups in total. The molecular weight excluding hydrogens is 490 g/mol. The fourth-order valence-corrected chi connectivity index (χ4v) is 7.00. The maximum absolute atomic E-state index is 13.6. The maximum atomic E-state index is 13.6. The molecule has 0 spiro atoms. The highest BCUT2D eigenvalue weighted by Gasteiger charge is 2.45. The van der Waals surface area contributed by atoms with Gasteiger partial charge >= 0.3 is 0 Å². The van der Waals surface area contributed by atoms with Crippen molar-refractivity contribution in [2.24, 2.45) is 11.8 Å². The van der Waals surface area contributed by atoms with Crippen molar-refractivity contribution >= 4 is 11.8 Å². The summed E-state index contributed by atoms with van der Waals surface area (Å²) in [5, 5.41) is 7.98. The van der Waals surface area contributed by atoms with E-state index in [-0.39, 0.29) is 23.8 Å². The Kier molecular flexibility index (Phi) is 9.03. The second-order valence-corrected chi connectivity index (χ2v) is 11.8. The van der Waals surface area contributed by atoms with Crippen LogP contribution in [0.25, 0.3) is 5.69 Å². The van der Waals surface area contributed by atoms with Gasteiger partial charge in [0.25, 0.3) is 0 Å². The fourth-order valence-electron chi connectivity index (χ4n) is 7.00. The Morgan fingerprint density at radius 3 is 2.41 bits per heavy atom. The van der Waals surface area contributed by atoms with Crippen LogP contribution < -0.4 is 5.32 Å². The summed E-state index contributed by atoms with van der Waals surface area (Å²) in [4.78, 5) is 31.5. The van der Waals surface area contributed by atoms with Gasteiger partial charge in [0.15, 0.2) is 0 Å². The molecular formula is C31H45N5O3. The van der Waals surface area contributed by atoms with Crippen LogP contribution >= 0.6 is 0 Å². The van der Waals surface area contributed by atoms with Crippen LogP contribution in [0, 0.1) is 25.7 Å². The Labute approximate surface area is 233 Å². The molecule has 1 saturated carbocycles. The number of likely N-dealkylation sites (tertiary alicyclic amines) is 1. The summed E-state index contributed by atoms with van der Waals surface area (Å²) in [5.74, 6) is 0.812. The zero-order valence-corrected chi connectivity index (χ0v) is 23.9. The van der Waals surface area contributed by atoms with Crippen LogP contribution in [0.3, 0.4) is 0 Å². The number of methoxy groups -OCH3 is 1. The van der Waals surface area contributed by atoms with E-state index in [4.69, 9.17) is 9.84 Å². The van der Waals surface area contributed by atoms with Gasteiger partial charge in [0.1, 0.15) is 12.1 Å². The fraction of sp³-hybridized carbons (Fsp3) is 0.645. The van der Waals surface area contributed by atoms with Crippen LogP contribution in [-0.4, -0.2) is 76.8 Å². The molecule has 2 aliphatic heterocycles. The Balaban J connectivity index is 1.23. The number of nitrogens with one attached hydrogen (secondary N) is 1. The van der Waals surface area contributed by atoms with Crippen LogP contribution in [-0.2, 0) is 20.9 Å². The number of benzene rings is 1. The van der Waals surface area contributed by atoms with Crippen molar-refractivity contribution in [1.29, 1.82) is 0 Å². The van der Waals surface area contributed by atoms with Crippen molar-refractivity contribution in [3.05, 3.63) is 47.3 Å². The van der Waals surface area contributed by atoms with Crippen LogP contribution in [0.2, 0.25) is 0 Å². The van der Waals surface area contributed by atoms with Crippen molar-refractivity contribution < 1.29 is 14.3 Å². The van der Waals surface area contributed by atoms with E-state index >= 15 is 0 Å². The highest BCUT2D eigenvalue weighted by Crippen LogP contribution is 2.32. The molecule has 2 atom stereocenters. The Morgan fingerprint density at radius 1 is 1.00 bits per heavy atom. The molecule has 2 amide bonds. The van der Waals surface area contributed by atoms with Crippen molar-refractivity contribution in [3.8, 4) is 5.69 Å². The number of rotatable bonds is 9. The van der Waals surface area contributed by atoms with Crippen molar-refractivity contribution in [1.82, 2.24) is 24.9 Å². The standard InChI is InChI=1S/C31H45N5O3/c1-22-27(23(2)36(33-22)26-12-8-5-9-13-26)21-34-16-14-25(15-17-34)29-30(37)32-28(20-24-10-6-4-7-11-24)31(38)35(29)18-19-39-3/h5,8-9,12-13,24-25,28-29H,4,6-7,10-11,14-21H2,1-3H3,(H,32,37)/t28-,29-/m0/s1. The molecule has 0 radical (unpaired) electrons. The van der Waals surface area contributed by atoms with E-state index in [1.165, 1.54) is 43.4 Å². The predicted octanol–water partition coefficient (Wildman–Crippen LogP) is 4.01.